The normalized spacial score (nSPS) is 18.3. The van der Waals surface area contributed by atoms with Crippen molar-refractivity contribution in [1.29, 1.82) is 0 Å². The predicted molar refractivity (Wildman–Crippen MR) is 84.8 cm³/mol. The average Bonchev–Trinajstić information content (AvgIpc) is 2.43. The highest BCUT2D eigenvalue weighted by Crippen LogP contribution is 2.30. The summed E-state index contributed by atoms with van der Waals surface area (Å²) in [6.45, 7) is 6.98. The maximum atomic E-state index is 12.4. The van der Waals surface area contributed by atoms with Gasteiger partial charge >= 0.3 is 21.7 Å². The highest BCUT2D eigenvalue weighted by molar-refractivity contribution is 7.87. The molecular formula is C15H19F3N2O5S. The van der Waals surface area contributed by atoms with Gasteiger partial charge in [0, 0.05) is 24.8 Å². The average molecular weight is 396 g/mol. The molecule has 1 amide bonds. The molecule has 0 aromatic carbocycles. The van der Waals surface area contributed by atoms with Gasteiger partial charge in [0.1, 0.15) is 5.60 Å². The van der Waals surface area contributed by atoms with E-state index in [1.807, 2.05) is 0 Å². The van der Waals surface area contributed by atoms with Crippen LogP contribution in [0.15, 0.2) is 12.3 Å². The second kappa shape index (κ2) is 6.60. The molecule has 1 aromatic rings. The molecule has 0 saturated heterocycles. The number of nitrogens with zero attached hydrogens (tertiary/aromatic N) is 2. The maximum absolute atomic E-state index is 12.4. The van der Waals surface area contributed by atoms with Crippen molar-refractivity contribution in [3.05, 3.63) is 23.4 Å². The quantitative estimate of drug-likeness (QED) is 0.564. The lowest BCUT2D eigenvalue weighted by atomic mass is 9.97. The standard InChI is InChI=1S/C15H19F3N2O5S/c1-9-5-10-7-19-12(25-26(22,23)15(16,17)18)6-11(10)8-20(9)13(21)24-14(2,3)4/h6-7,9H,5,8H2,1-4H3. The van der Waals surface area contributed by atoms with Gasteiger partial charge in [-0.2, -0.15) is 21.6 Å². The van der Waals surface area contributed by atoms with Gasteiger partial charge in [-0.05, 0) is 45.2 Å². The molecule has 26 heavy (non-hydrogen) atoms. The van der Waals surface area contributed by atoms with Crippen LogP contribution in [0.5, 0.6) is 5.88 Å². The molecule has 1 aliphatic rings. The highest BCUT2D eigenvalue weighted by atomic mass is 32.2. The Hall–Kier alpha value is -2.04. The number of fused-ring (bicyclic) bond motifs is 1. The third-order valence-electron chi connectivity index (χ3n) is 3.55. The number of carbonyl (C=O) groups is 1. The zero-order chi connectivity index (χ0) is 19.9. The number of alkyl halides is 3. The fourth-order valence-electron chi connectivity index (χ4n) is 2.37. The van der Waals surface area contributed by atoms with Gasteiger partial charge in [-0.3, -0.25) is 0 Å². The van der Waals surface area contributed by atoms with E-state index in [9.17, 15) is 26.4 Å². The van der Waals surface area contributed by atoms with Crippen LogP contribution < -0.4 is 4.18 Å². The second-order valence-corrected chi connectivity index (χ2v) is 8.47. The number of rotatable bonds is 2. The smallest absolute Gasteiger partial charge is 0.444 e. The molecule has 0 saturated carbocycles. The topological polar surface area (TPSA) is 85.8 Å². The molecule has 0 aliphatic carbocycles. The molecule has 2 rings (SSSR count). The van der Waals surface area contributed by atoms with Crippen LogP contribution in [-0.4, -0.2) is 41.5 Å². The van der Waals surface area contributed by atoms with E-state index in [1.165, 1.54) is 11.1 Å². The summed E-state index contributed by atoms with van der Waals surface area (Å²) < 4.78 is 68.8. The Balaban J connectivity index is 2.25. The van der Waals surface area contributed by atoms with Gasteiger partial charge < -0.3 is 13.8 Å². The van der Waals surface area contributed by atoms with E-state index in [-0.39, 0.29) is 12.6 Å². The van der Waals surface area contributed by atoms with E-state index in [0.29, 0.717) is 17.5 Å². The zero-order valence-corrected chi connectivity index (χ0v) is 15.4. The third-order valence-corrected chi connectivity index (χ3v) is 4.51. The van der Waals surface area contributed by atoms with E-state index in [0.717, 1.165) is 6.07 Å². The van der Waals surface area contributed by atoms with Crippen molar-refractivity contribution in [1.82, 2.24) is 9.88 Å². The van der Waals surface area contributed by atoms with Crippen LogP contribution in [0, 0.1) is 0 Å². The molecule has 0 bridgehead atoms. The molecule has 11 heteroatoms. The van der Waals surface area contributed by atoms with Crippen molar-refractivity contribution < 1.29 is 35.3 Å². The summed E-state index contributed by atoms with van der Waals surface area (Å²) in [6, 6.07) is 0.867. The van der Waals surface area contributed by atoms with Gasteiger partial charge in [-0.25, -0.2) is 9.78 Å². The van der Waals surface area contributed by atoms with Gasteiger partial charge in [0.05, 0.1) is 0 Å². The van der Waals surface area contributed by atoms with E-state index in [1.54, 1.807) is 27.7 Å². The van der Waals surface area contributed by atoms with E-state index in [2.05, 4.69) is 9.17 Å². The van der Waals surface area contributed by atoms with Gasteiger partial charge in [-0.1, -0.05) is 0 Å². The Morgan fingerprint density at radius 1 is 1.27 bits per heavy atom. The molecule has 1 aliphatic heterocycles. The van der Waals surface area contributed by atoms with Crippen LogP contribution in [0.2, 0.25) is 0 Å². The fraction of sp³-hybridized carbons (Fsp3) is 0.600. The van der Waals surface area contributed by atoms with Crippen LogP contribution >= 0.6 is 0 Å². The van der Waals surface area contributed by atoms with Crippen molar-refractivity contribution >= 4 is 16.2 Å². The summed E-state index contributed by atoms with van der Waals surface area (Å²) in [4.78, 5) is 17.3. The lowest BCUT2D eigenvalue weighted by Crippen LogP contribution is -2.45. The van der Waals surface area contributed by atoms with Gasteiger partial charge in [0.15, 0.2) is 0 Å². The molecular weight excluding hydrogens is 377 g/mol. The largest absolute Gasteiger partial charge is 0.534 e. The van der Waals surface area contributed by atoms with Crippen LogP contribution in [0.1, 0.15) is 38.8 Å². The number of aromatic nitrogens is 1. The van der Waals surface area contributed by atoms with Crippen molar-refractivity contribution in [2.45, 2.75) is 57.8 Å². The van der Waals surface area contributed by atoms with E-state index in [4.69, 9.17) is 4.74 Å². The number of hydrogen-bond acceptors (Lipinski definition) is 6. The Morgan fingerprint density at radius 3 is 2.42 bits per heavy atom. The van der Waals surface area contributed by atoms with Crippen molar-refractivity contribution in [2.24, 2.45) is 0 Å². The van der Waals surface area contributed by atoms with Gasteiger partial charge in [-0.15, -0.1) is 0 Å². The van der Waals surface area contributed by atoms with Crippen LogP contribution in [0.3, 0.4) is 0 Å². The van der Waals surface area contributed by atoms with Gasteiger partial charge in [0.2, 0.25) is 5.88 Å². The minimum atomic E-state index is -5.81. The van der Waals surface area contributed by atoms with E-state index < -0.39 is 33.2 Å². The van der Waals surface area contributed by atoms with Crippen LogP contribution in [0.25, 0.3) is 0 Å². The summed E-state index contributed by atoms with van der Waals surface area (Å²) in [5, 5.41) is 0. The number of halogens is 3. The Kier molecular flexibility index (Phi) is 5.15. The minimum Gasteiger partial charge on any atom is -0.444 e. The van der Waals surface area contributed by atoms with Crippen molar-refractivity contribution in [3.63, 3.8) is 0 Å². The molecule has 2 heterocycles. The van der Waals surface area contributed by atoms with Gasteiger partial charge in [0.25, 0.3) is 0 Å². The molecule has 1 atom stereocenters. The Morgan fingerprint density at radius 2 is 1.88 bits per heavy atom. The third kappa shape index (κ3) is 4.57. The summed E-state index contributed by atoms with van der Waals surface area (Å²) in [5.41, 5.74) is -5.13. The van der Waals surface area contributed by atoms with Crippen molar-refractivity contribution in [2.75, 3.05) is 0 Å². The predicted octanol–water partition coefficient (Wildman–Crippen LogP) is 2.99. The number of carbonyl (C=O) groups excluding carboxylic acids is 1. The van der Waals surface area contributed by atoms with Crippen LogP contribution in [0.4, 0.5) is 18.0 Å². The van der Waals surface area contributed by atoms with Crippen molar-refractivity contribution in [3.8, 4) is 5.88 Å². The highest BCUT2D eigenvalue weighted by Gasteiger charge is 2.49. The Labute approximate surface area is 149 Å². The molecule has 0 N–H and O–H groups in total. The molecule has 0 radical (unpaired) electrons. The Bertz CT molecular complexity index is 802. The SMILES string of the molecule is CC1Cc2cnc(OS(=O)(=O)C(F)(F)F)cc2CN1C(=O)OC(C)(C)C. The molecule has 0 spiro atoms. The lowest BCUT2D eigenvalue weighted by Gasteiger charge is -2.35. The first kappa shape index (κ1) is 20.3. The molecule has 1 unspecified atom stereocenters. The number of amides is 1. The first-order chi connectivity index (χ1) is 11.7. The zero-order valence-electron chi connectivity index (χ0n) is 14.6. The molecule has 1 aromatic heterocycles. The summed E-state index contributed by atoms with van der Waals surface area (Å²) in [6.07, 6.45) is 1.07. The second-order valence-electron chi connectivity index (χ2n) is 6.94. The summed E-state index contributed by atoms with van der Waals surface area (Å²) in [5.74, 6) is -0.709. The fourth-order valence-corrected chi connectivity index (χ4v) is 2.78. The first-order valence-electron chi connectivity index (χ1n) is 7.68. The summed E-state index contributed by atoms with van der Waals surface area (Å²) >= 11 is 0. The molecule has 0 fully saturated rings. The molecule has 146 valence electrons. The number of pyridine rings is 1. The van der Waals surface area contributed by atoms with Crippen LogP contribution in [-0.2, 0) is 27.8 Å². The number of hydrogen-bond donors (Lipinski definition) is 0. The first-order valence-corrected chi connectivity index (χ1v) is 9.08. The van der Waals surface area contributed by atoms with E-state index >= 15 is 0 Å². The summed E-state index contributed by atoms with van der Waals surface area (Å²) in [7, 11) is -5.81. The number of ether oxygens (including phenoxy) is 1. The lowest BCUT2D eigenvalue weighted by molar-refractivity contribution is -0.0501. The maximum Gasteiger partial charge on any atom is 0.534 e. The monoisotopic (exact) mass is 396 g/mol. The minimum absolute atomic E-state index is 0.0381. The molecule has 7 nitrogen and oxygen atoms in total.